The maximum atomic E-state index is 16.2. The summed E-state index contributed by atoms with van der Waals surface area (Å²) in [6, 6.07) is 41.4. The van der Waals surface area contributed by atoms with Gasteiger partial charge in [-0.05, 0) is 60.1 Å². The van der Waals surface area contributed by atoms with E-state index >= 15 is 4.11 Å². The molecule has 36 heavy (non-hydrogen) atoms. The van der Waals surface area contributed by atoms with E-state index in [1.54, 1.807) is 0 Å². The van der Waals surface area contributed by atoms with Crippen LogP contribution in [0.5, 0.6) is 0 Å². The van der Waals surface area contributed by atoms with Gasteiger partial charge in [-0.25, -0.2) is 0 Å². The van der Waals surface area contributed by atoms with E-state index in [-0.39, 0.29) is 5.54 Å². The molecule has 0 amide bonds. The molecule has 1 saturated carbocycles. The number of rotatable bonds is 9. The minimum Gasteiger partial charge on any atom is -0.308 e. The van der Waals surface area contributed by atoms with Crippen LogP contribution in [0.3, 0.4) is 0 Å². The van der Waals surface area contributed by atoms with Crippen molar-refractivity contribution in [3.63, 3.8) is 0 Å². The average Bonchev–Trinajstić information content (AvgIpc) is 2.97. The molecule has 5 rings (SSSR count). The highest BCUT2D eigenvalue weighted by Crippen LogP contribution is 2.41. The van der Waals surface area contributed by atoms with Gasteiger partial charge in [0.2, 0.25) is 0 Å². The van der Waals surface area contributed by atoms with Gasteiger partial charge in [0, 0.05) is 0 Å². The van der Waals surface area contributed by atoms with Crippen molar-refractivity contribution in [1.29, 1.82) is 0 Å². The van der Waals surface area contributed by atoms with Crippen LogP contribution in [0.25, 0.3) is 0 Å². The molecule has 4 heteroatoms. The third-order valence-electron chi connectivity index (χ3n) is 7.17. The molecule has 0 bridgehead atoms. The van der Waals surface area contributed by atoms with Crippen molar-refractivity contribution in [2.24, 2.45) is 0 Å². The first-order chi connectivity index (χ1) is 17.8. The molecule has 0 spiro atoms. The Kier molecular flexibility index (Phi) is 9.16. The van der Waals surface area contributed by atoms with Crippen LogP contribution in [-0.2, 0) is 0 Å². The van der Waals surface area contributed by atoms with Crippen molar-refractivity contribution >= 4 is 51.4 Å². The highest BCUT2D eigenvalue weighted by Gasteiger charge is 2.32. The van der Waals surface area contributed by atoms with Crippen LogP contribution in [0.2, 0.25) is 5.54 Å². The SMILES string of the molecule is F[Si](c1ccccc1P(CCP(c1ccccc1)c1ccccc1)c1ccccc1)C1CCCCC1. The molecule has 4 aromatic carbocycles. The molecule has 1 unspecified atom stereocenters. The second kappa shape index (κ2) is 12.9. The summed E-state index contributed by atoms with van der Waals surface area (Å²) in [6.07, 6.45) is 7.97. The molecule has 183 valence electrons. The van der Waals surface area contributed by atoms with Crippen molar-refractivity contribution in [2.45, 2.75) is 37.6 Å². The van der Waals surface area contributed by atoms with Gasteiger partial charge in [0.25, 0.3) is 0 Å². The van der Waals surface area contributed by atoms with E-state index in [0.29, 0.717) is 0 Å². The van der Waals surface area contributed by atoms with Crippen LogP contribution in [-0.4, -0.2) is 21.5 Å². The zero-order valence-electron chi connectivity index (χ0n) is 20.8. The predicted octanol–water partition coefficient (Wildman–Crippen LogP) is 6.75. The first kappa shape index (κ1) is 25.5. The van der Waals surface area contributed by atoms with E-state index in [0.717, 1.165) is 30.4 Å². The molecular formula is C32H34FP2Si. The normalized spacial score (nSPS) is 15.3. The standard InChI is InChI=1S/C32H34FP2Si/c33-36(30-21-11-4-12-22-30)32-24-14-13-23-31(32)35(29-19-9-3-10-20-29)26-25-34(27-15-5-1-6-16-27)28-17-7-2-8-18-28/h1-3,5-10,13-20,23-24,30H,4,11-12,21-22,25-26H2. The van der Waals surface area contributed by atoms with E-state index in [1.165, 1.54) is 40.5 Å². The van der Waals surface area contributed by atoms with Gasteiger partial charge in [-0.3, -0.25) is 0 Å². The lowest BCUT2D eigenvalue weighted by Crippen LogP contribution is -2.42. The third kappa shape index (κ3) is 6.23. The molecule has 4 aromatic rings. The minimum absolute atomic E-state index is 0.267. The fraction of sp³-hybridized carbons (Fsp3) is 0.250. The highest BCUT2D eigenvalue weighted by atomic mass is 31.1. The van der Waals surface area contributed by atoms with Crippen molar-refractivity contribution in [1.82, 2.24) is 0 Å². The van der Waals surface area contributed by atoms with Gasteiger partial charge in [-0.2, -0.15) is 0 Å². The summed E-state index contributed by atoms with van der Waals surface area (Å²) in [5, 5.41) is 6.55. The molecule has 0 nitrogen and oxygen atoms in total. The Hall–Kier alpha value is -2.11. The Balaban J connectivity index is 1.49. The van der Waals surface area contributed by atoms with E-state index < -0.39 is 25.0 Å². The van der Waals surface area contributed by atoms with Crippen molar-refractivity contribution < 1.29 is 4.11 Å². The molecule has 0 aromatic heterocycles. The Morgan fingerprint density at radius 1 is 0.556 bits per heavy atom. The Morgan fingerprint density at radius 2 is 1.00 bits per heavy atom. The van der Waals surface area contributed by atoms with Gasteiger partial charge in [-0.1, -0.05) is 147 Å². The lowest BCUT2D eigenvalue weighted by molar-refractivity contribution is 0.485. The summed E-state index contributed by atoms with van der Waals surface area (Å²) >= 11 is 0. The second-order valence-corrected chi connectivity index (χ2v) is 16.2. The maximum Gasteiger partial charge on any atom is 0.309 e. The van der Waals surface area contributed by atoms with E-state index in [4.69, 9.17) is 0 Å². The number of benzene rings is 4. The van der Waals surface area contributed by atoms with E-state index in [9.17, 15) is 0 Å². The summed E-state index contributed by atoms with van der Waals surface area (Å²) in [6.45, 7) is 0. The first-order valence-corrected chi connectivity index (χ1v) is 17.6. The number of halogens is 1. The largest absolute Gasteiger partial charge is 0.309 e. The molecule has 1 fully saturated rings. The Bertz CT molecular complexity index is 1160. The summed E-state index contributed by atoms with van der Waals surface area (Å²) < 4.78 is 16.2. The highest BCUT2D eigenvalue weighted by molar-refractivity contribution is 7.77. The van der Waals surface area contributed by atoms with Crippen LogP contribution >= 0.6 is 15.8 Å². The van der Waals surface area contributed by atoms with Gasteiger partial charge in [-0.15, -0.1) is 0 Å². The third-order valence-corrected chi connectivity index (χ3v) is 15.1. The maximum absolute atomic E-state index is 16.2. The number of hydrogen-bond acceptors (Lipinski definition) is 0. The minimum atomic E-state index is -2.07. The summed E-state index contributed by atoms with van der Waals surface area (Å²) in [7, 11) is -3.18. The van der Waals surface area contributed by atoms with Crippen molar-refractivity contribution in [2.75, 3.05) is 12.3 Å². The zero-order chi connectivity index (χ0) is 24.6. The Labute approximate surface area is 220 Å². The van der Waals surface area contributed by atoms with Crippen LogP contribution in [0.15, 0.2) is 115 Å². The van der Waals surface area contributed by atoms with Gasteiger partial charge < -0.3 is 4.11 Å². The molecule has 0 heterocycles. The lowest BCUT2D eigenvalue weighted by Gasteiger charge is -2.28. The molecule has 0 N–H and O–H groups in total. The summed E-state index contributed by atoms with van der Waals surface area (Å²) in [4.78, 5) is 0. The van der Waals surface area contributed by atoms with Crippen molar-refractivity contribution in [3.8, 4) is 0 Å². The first-order valence-electron chi connectivity index (χ1n) is 13.1. The number of hydrogen-bond donors (Lipinski definition) is 0. The van der Waals surface area contributed by atoms with Crippen LogP contribution in [0, 0.1) is 0 Å². The second-order valence-electron chi connectivity index (χ2n) is 9.51. The lowest BCUT2D eigenvalue weighted by atomic mass is 10.0. The monoisotopic (exact) mass is 527 g/mol. The molecule has 1 aliphatic carbocycles. The van der Waals surface area contributed by atoms with Crippen LogP contribution < -0.4 is 26.4 Å². The smallest absolute Gasteiger partial charge is 0.308 e. The average molecular weight is 528 g/mol. The fourth-order valence-electron chi connectivity index (χ4n) is 5.31. The topological polar surface area (TPSA) is 0 Å². The molecule has 0 saturated heterocycles. The molecule has 1 aliphatic rings. The quantitative estimate of drug-likeness (QED) is 0.128. The van der Waals surface area contributed by atoms with Crippen molar-refractivity contribution in [3.05, 3.63) is 115 Å². The van der Waals surface area contributed by atoms with Gasteiger partial charge in [0.15, 0.2) is 0 Å². The fourth-order valence-corrected chi connectivity index (χ4v) is 13.4. The van der Waals surface area contributed by atoms with Crippen LogP contribution in [0.4, 0.5) is 4.11 Å². The summed E-state index contributed by atoms with van der Waals surface area (Å²) in [5.41, 5.74) is 0.267. The molecular weight excluding hydrogens is 493 g/mol. The molecule has 0 aliphatic heterocycles. The van der Waals surface area contributed by atoms with E-state index in [1.807, 2.05) is 0 Å². The molecule has 1 radical (unpaired) electrons. The van der Waals surface area contributed by atoms with E-state index in [2.05, 4.69) is 115 Å². The van der Waals surface area contributed by atoms with Gasteiger partial charge >= 0.3 is 9.13 Å². The molecule has 1 atom stereocenters. The Morgan fingerprint density at radius 3 is 1.56 bits per heavy atom. The summed E-state index contributed by atoms with van der Waals surface area (Å²) in [5.74, 6) is 0. The zero-order valence-corrected chi connectivity index (χ0v) is 23.6. The van der Waals surface area contributed by atoms with Crippen LogP contribution in [0.1, 0.15) is 32.1 Å². The van der Waals surface area contributed by atoms with Gasteiger partial charge in [0.1, 0.15) is 0 Å². The predicted molar refractivity (Wildman–Crippen MR) is 161 cm³/mol. The van der Waals surface area contributed by atoms with Gasteiger partial charge in [0.05, 0.1) is 0 Å².